The van der Waals surface area contributed by atoms with E-state index in [9.17, 15) is 8.78 Å². The summed E-state index contributed by atoms with van der Waals surface area (Å²) < 4.78 is 32.6. The Balaban J connectivity index is 2.11. The highest BCUT2D eigenvalue weighted by Gasteiger charge is 2.53. The molecule has 0 radical (unpaired) electrons. The predicted molar refractivity (Wildman–Crippen MR) is 63.1 cm³/mol. The van der Waals surface area contributed by atoms with Gasteiger partial charge in [0, 0.05) is 24.8 Å². The molecule has 1 aliphatic heterocycles. The van der Waals surface area contributed by atoms with Gasteiger partial charge in [-0.2, -0.15) is 0 Å². The molecule has 0 aromatic heterocycles. The standard InChI is InChI=1S/C13H23F2NO/c1-10(2)9-16-13(17-11(10,3)4)7-5-12(14,15)6-8-13/h16H,5-9H2,1-4H3. The maximum Gasteiger partial charge on any atom is 0.248 e. The van der Waals surface area contributed by atoms with Crippen molar-refractivity contribution in [2.45, 2.75) is 70.6 Å². The van der Waals surface area contributed by atoms with Crippen LogP contribution in [0.1, 0.15) is 53.4 Å². The Morgan fingerprint density at radius 3 is 1.94 bits per heavy atom. The molecule has 1 spiro atoms. The van der Waals surface area contributed by atoms with Crippen molar-refractivity contribution in [3.8, 4) is 0 Å². The van der Waals surface area contributed by atoms with E-state index in [0.29, 0.717) is 12.8 Å². The van der Waals surface area contributed by atoms with Gasteiger partial charge in [-0.3, -0.25) is 5.32 Å². The van der Waals surface area contributed by atoms with E-state index in [4.69, 9.17) is 4.74 Å². The largest absolute Gasteiger partial charge is 0.354 e. The van der Waals surface area contributed by atoms with E-state index in [1.165, 1.54) is 0 Å². The van der Waals surface area contributed by atoms with Crippen molar-refractivity contribution in [3.05, 3.63) is 0 Å². The van der Waals surface area contributed by atoms with Crippen LogP contribution in [-0.2, 0) is 4.74 Å². The first kappa shape index (κ1) is 13.2. The lowest BCUT2D eigenvalue weighted by molar-refractivity contribution is -0.259. The molecule has 0 unspecified atom stereocenters. The molecule has 4 heteroatoms. The Hall–Kier alpha value is -0.220. The molecule has 0 aromatic rings. The summed E-state index contributed by atoms with van der Waals surface area (Å²) in [5.74, 6) is -2.51. The molecule has 0 atom stereocenters. The highest BCUT2D eigenvalue weighted by Crippen LogP contribution is 2.47. The van der Waals surface area contributed by atoms with Gasteiger partial charge in [-0.25, -0.2) is 8.78 Å². The van der Waals surface area contributed by atoms with Crippen molar-refractivity contribution in [3.63, 3.8) is 0 Å². The van der Waals surface area contributed by atoms with Gasteiger partial charge in [-0.05, 0) is 26.7 Å². The zero-order valence-corrected chi connectivity index (χ0v) is 11.2. The third kappa shape index (κ3) is 2.34. The molecular formula is C13H23F2NO. The molecule has 2 aliphatic rings. The third-order valence-electron chi connectivity index (χ3n) is 4.72. The Kier molecular flexibility index (Phi) is 2.83. The van der Waals surface area contributed by atoms with Crippen LogP contribution >= 0.6 is 0 Å². The van der Waals surface area contributed by atoms with Crippen molar-refractivity contribution < 1.29 is 13.5 Å². The van der Waals surface area contributed by atoms with Crippen LogP contribution in [0.4, 0.5) is 8.78 Å². The molecule has 0 aromatic carbocycles. The number of ether oxygens (including phenoxy) is 1. The molecule has 2 nitrogen and oxygen atoms in total. The highest BCUT2D eigenvalue weighted by molar-refractivity contribution is 5.01. The van der Waals surface area contributed by atoms with Crippen molar-refractivity contribution in [1.29, 1.82) is 0 Å². The predicted octanol–water partition coefficient (Wildman–Crippen LogP) is 3.32. The Morgan fingerprint density at radius 2 is 1.47 bits per heavy atom. The molecule has 17 heavy (non-hydrogen) atoms. The number of rotatable bonds is 0. The number of hydrogen-bond donors (Lipinski definition) is 1. The number of hydrogen-bond acceptors (Lipinski definition) is 2. The Bertz CT molecular complexity index is 297. The fourth-order valence-electron chi connectivity index (χ4n) is 2.56. The maximum atomic E-state index is 13.2. The average molecular weight is 247 g/mol. The summed E-state index contributed by atoms with van der Waals surface area (Å²) in [6.45, 7) is 9.21. The third-order valence-corrected chi connectivity index (χ3v) is 4.72. The lowest BCUT2D eigenvalue weighted by atomic mass is 9.73. The van der Waals surface area contributed by atoms with Crippen molar-refractivity contribution in [2.75, 3.05) is 6.54 Å². The molecule has 2 fully saturated rings. The normalized spacial score (nSPS) is 33.5. The molecule has 1 saturated carbocycles. The van der Waals surface area contributed by atoms with Gasteiger partial charge in [-0.15, -0.1) is 0 Å². The summed E-state index contributed by atoms with van der Waals surface area (Å²) in [6.07, 6.45) is 0.659. The molecule has 0 amide bonds. The zero-order chi connectivity index (χ0) is 12.9. The number of nitrogens with one attached hydrogen (secondary N) is 1. The van der Waals surface area contributed by atoms with Gasteiger partial charge in [0.2, 0.25) is 5.92 Å². The van der Waals surface area contributed by atoms with E-state index in [0.717, 1.165) is 6.54 Å². The molecule has 1 saturated heterocycles. The fourth-order valence-corrected chi connectivity index (χ4v) is 2.56. The molecule has 1 aliphatic carbocycles. The van der Waals surface area contributed by atoms with E-state index in [1.807, 2.05) is 0 Å². The van der Waals surface area contributed by atoms with Crippen LogP contribution in [-0.4, -0.2) is 23.8 Å². The van der Waals surface area contributed by atoms with E-state index in [1.54, 1.807) is 0 Å². The van der Waals surface area contributed by atoms with Crippen molar-refractivity contribution >= 4 is 0 Å². The van der Waals surface area contributed by atoms with Crippen LogP contribution in [0.15, 0.2) is 0 Å². The summed E-state index contributed by atoms with van der Waals surface area (Å²) in [7, 11) is 0. The van der Waals surface area contributed by atoms with Gasteiger partial charge >= 0.3 is 0 Å². The maximum absolute atomic E-state index is 13.2. The smallest absolute Gasteiger partial charge is 0.248 e. The van der Waals surface area contributed by atoms with E-state index >= 15 is 0 Å². The van der Waals surface area contributed by atoms with Crippen molar-refractivity contribution in [1.82, 2.24) is 5.32 Å². The van der Waals surface area contributed by atoms with Gasteiger partial charge < -0.3 is 4.74 Å². The Labute approximate surface area is 102 Å². The van der Waals surface area contributed by atoms with E-state index < -0.39 is 11.6 Å². The van der Waals surface area contributed by atoms with Crippen LogP contribution in [0.2, 0.25) is 0 Å². The molecule has 1 heterocycles. The fraction of sp³-hybridized carbons (Fsp3) is 1.00. The lowest BCUT2D eigenvalue weighted by Gasteiger charge is -2.56. The van der Waals surface area contributed by atoms with Gasteiger partial charge in [0.1, 0.15) is 5.72 Å². The summed E-state index contributed by atoms with van der Waals surface area (Å²) in [6, 6.07) is 0. The summed E-state index contributed by atoms with van der Waals surface area (Å²) in [5, 5.41) is 3.36. The average Bonchev–Trinajstić information content (AvgIpc) is 2.18. The molecule has 100 valence electrons. The summed E-state index contributed by atoms with van der Waals surface area (Å²) in [5.41, 5.74) is -0.802. The minimum Gasteiger partial charge on any atom is -0.354 e. The van der Waals surface area contributed by atoms with Crippen LogP contribution in [0.3, 0.4) is 0 Å². The molecule has 1 N–H and O–H groups in total. The first-order valence-electron chi connectivity index (χ1n) is 6.41. The van der Waals surface area contributed by atoms with Gasteiger partial charge in [0.05, 0.1) is 5.60 Å². The van der Waals surface area contributed by atoms with Gasteiger partial charge in [0.25, 0.3) is 0 Å². The topological polar surface area (TPSA) is 21.3 Å². The zero-order valence-electron chi connectivity index (χ0n) is 11.2. The minimum atomic E-state index is -2.51. The van der Waals surface area contributed by atoms with Crippen molar-refractivity contribution in [2.24, 2.45) is 5.41 Å². The van der Waals surface area contributed by atoms with Gasteiger partial charge in [0.15, 0.2) is 0 Å². The quantitative estimate of drug-likeness (QED) is 0.709. The second-order valence-electron chi connectivity index (χ2n) is 6.70. The molecule has 2 rings (SSSR count). The minimum absolute atomic E-state index is 0.0121. The molecule has 0 bridgehead atoms. The SMILES string of the molecule is CC1(C)CNC2(CCC(F)(F)CC2)OC1(C)C. The summed E-state index contributed by atoms with van der Waals surface area (Å²) in [4.78, 5) is 0. The van der Waals surface area contributed by atoms with Crippen LogP contribution < -0.4 is 5.32 Å². The first-order valence-corrected chi connectivity index (χ1v) is 6.41. The van der Waals surface area contributed by atoms with Crippen LogP contribution in [0.25, 0.3) is 0 Å². The van der Waals surface area contributed by atoms with Gasteiger partial charge in [-0.1, -0.05) is 13.8 Å². The lowest BCUT2D eigenvalue weighted by Crippen LogP contribution is -2.66. The molecular weight excluding hydrogens is 224 g/mol. The number of alkyl halides is 2. The summed E-state index contributed by atoms with van der Waals surface area (Å²) >= 11 is 0. The van der Waals surface area contributed by atoms with Crippen LogP contribution in [0.5, 0.6) is 0 Å². The second kappa shape index (κ2) is 3.64. The first-order chi connectivity index (χ1) is 7.58. The van der Waals surface area contributed by atoms with E-state index in [2.05, 4.69) is 33.0 Å². The van der Waals surface area contributed by atoms with Crippen LogP contribution in [0, 0.1) is 5.41 Å². The van der Waals surface area contributed by atoms with E-state index in [-0.39, 0.29) is 23.9 Å². The Morgan fingerprint density at radius 1 is 0.941 bits per heavy atom. The highest BCUT2D eigenvalue weighted by atomic mass is 19.3. The second-order valence-corrected chi connectivity index (χ2v) is 6.70. The monoisotopic (exact) mass is 247 g/mol. The number of halogens is 2.